The van der Waals surface area contributed by atoms with E-state index < -0.39 is 0 Å². The van der Waals surface area contributed by atoms with E-state index in [1.54, 1.807) is 0 Å². The molecule has 17 heavy (non-hydrogen) atoms. The highest BCUT2D eigenvalue weighted by Crippen LogP contribution is 2.24. The van der Waals surface area contributed by atoms with Gasteiger partial charge in [0, 0.05) is 42.8 Å². The fraction of sp³-hybridized carbons (Fsp3) is 0.615. The average molecular weight is 235 g/mol. The first-order chi connectivity index (χ1) is 8.10. The molecule has 1 aliphatic heterocycles. The van der Waals surface area contributed by atoms with Crippen LogP contribution in [-0.4, -0.2) is 30.3 Å². The molecule has 1 aliphatic rings. The number of ether oxygens (including phenoxy) is 1. The van der Waals surface area contributed by atoms with Crippen molar-refractivity contribution in [3.8, 4) is 0 Å². The lowest BCUT2D eigenvalue weighted by molar-refractivity contribution is -0.00526. The number of aryl methyl sites for hydroxylation is 1. The van der Waals surface area contributed by atoms with Crippen LogP contribution in [0.1, 0.15) is 25.1 Å². The van der Waals surface area contributed by atoms with Crippen molar-refractivity contribution < 1.29 is 4.74 Å². The van der Waals surface area contributed by atoms with Gasteiger partial charge in [0.1, 0.15) is 0 Å². The van der Waals surface area contributed by atoms with Crippen molar-refractivity contribution in [2.24, 2.45) is 5.73 Å². The second-order valence-electron chi connectivity index (χ2n) is 4.82. The van der Waals surface area contributed by atoms with Gasteiger partial charge in [0.2, 0.25) is 0 Å². The average Bonchev–Trinajstić information content (AvgIpc) is 2.27. The van der Waals surface area contributed by atoms with E-state index in [0.717, 1.165) is 24.3 Å². The van der Waals surface area contributed by atoms with E-state index in [1.165, 1.54) is 5.69 Å². The normalized spacial score (nSPS) is 25.1. The van der Waals surface area contributed by atoms with E-state index in [1.807, 2.05) is 13.1 Å². The van der Waals surface area contributed by atoms with E-state index >= 15 is 0 Å². The molecule has 0 saturated carbocycles. The van der Waals surface area contributed by atoms with Gasteiger partial charge in [-0.25, -0.2) is 0 Å². The quantitative estimate of drug-likeness (QED) is 0.843. The summed E-state index contributed by atoms with van der Waals surface area (Å²) in [5.41, 5.74) is 9.13. The van der Waals surface area contributed by atoms with Crippen LogP contribution in [0.3, 0.4) is 0 Å². The maximum absolute atomic E-state index is 5.78. The molecular weight excluding hydrogens is 214 g/mol. The smallest absolute Gasteiger partial charge is 0.0726 e. The minimum absolute atomic E-state index is 0.262. The molecular formula is C13H21N3O. The second kappa shape index (κ2) is 5.02. The molecule has 0 amide bonds. The summed E-state index contributed by atoms with van der Waals surface area (Å²) in [6, 6.07) is 2.12. The summed E-state index contributed by atoms with van der Waals surface area (Å²) in [4.78, 5) is 6.66. The van der Waals surface area contributed by atoms with Gasteiger partial charge >= 0.3 is 0 Å². The number of nitrogens with two attached hydrogens (primary N) is 1. The van der Waals surface area contributed by atoms with Crippen molar-refractivity contribution in [3.05, 3.63) is 23.5 Å². The molecule has 2 atom stereocenters. The first-order valence-corrected chi connectivity index (χ1v) is 6.16. The molecule has 2 N–H and O–H groups in total. The Bertz CT molecular complexity index is 384. The number of aromatic nitrogens is 1. The number of rotatable bonds is 2. The fourth-order valence-corrected chi connectivity index (χ4v) is 2.40. The third-order valence-corrected chi connectivity index (χ3v) is 3.08. The molecule has 0 bridgehead atoms. The SMILES string of the molecule is Cc1cc(N2C[C@@H](C)O[C@@H](C)C2)c(CN)cn1. The Morgan fingerprint density at radius 3 is 2.65 bits per heavy atom. The summed E-state index contributed by atoms with van der Waals surface area (Å²) in [6.07, 6.45) is 2.41. The summed E-state index contributed by atoms with van der Waals surface area (Å²) < 4.78 is 5.75. The Balaban J connectivity index is 2.28. The Morgan fingerprint density at radius 1 is 1.41 bits per heavy atom. The molecule has 1 aromatic rings. The lowest BCUT2D eigenvalue weighted by Gasteiger charge is -2.37. The Hall–Kier alpha value is -1.13. The number of anilines is 1. The molecule has 0 radical (unpaired) electrons. The number of morpholine rings is 1. The third-order valence-electron chi connectivity index (χ3n) is 3.08. The van der Waals surface area contributed by atoms with Crippen LogP contribution in [0.5, 0.6) is 0 Å². The third kappa shape index (κ3) is 2.76. The molecule has 0 aromatic carbocycles. The van der Waals surface area contributed by atoms with Crippen LogP contribution < -0.4 is 10.6 Å². The Morgan fingerprint density at radius 2 is 2.06 bits per heavy atom. The molecule has 0 unspecified atom stereocenters. The maximum Gasteiger partial charge on any atom is 0.0726 e. The molecule has 2 rings (SSSR count). The van der Waals surface area contributed by atoms with E-state index in [9.17, 15) is 0 Å². The number of hydrogen-bond acceptors (Lipinski definition) is 4. The van der Waals surface area contributed by atoms with Crippen molar-refractivity contribution in [2.45, 2.75) is 39.5 Å². The van der Waals surface area contributed by atoms with E-state index in [2.05, 4.69) is 29.8 Å². The minimum Gasteiger partial charge on any atom is -0.372 e. The van der Waals surface area contributed by atoms with E-state index in [4.69, 9.17) is 10.5 Å². The monoisotopic (exact) mass is 235 g/mol. The van der Waals surface area contributed by atoms with Crippen molar-refractivity contribution >= 4 is 5.69 Å². The predicted octanol–water partition coefficient (Wildman–Crippen LogP) is 1.46. The van der Waals surface area contributed by atoms with Gasteiger partial charge in [-0.15, -0.1) is 0 Å². The summed E-state index contributed by atoms with van der Waals surface area (Å²) in [5.74, 6) is 0. The van der Waals surface area contributed by atoms with Gasteiger partial charge in [-0.05, 0) is 26.8 Å². The summed E-state index contributed by atoms with van der Waals surface area (Å²) in [6.45, 7) is 8.60. The van der Waals surface area contributed by atoms with Gasteiger partial charge < -0.3 is 15.4 Å². The van der Waals surface area contributed by atoms with Crippen LogP contribution in [0.15, 0.2) is 12.3 Å². The van der Waals surface area contributed by atoms with Crippen LogP contribution in [0.4, 0.5) is 5.69 Å². The molecule has 1 aromatic heterocycles. The zero-order valence-corrected chi connectivity index (χ0v) is 10.8. The maximum atomic E-state index is 5.78. The van der Waals surface area contributed by atoms with Crippen LogP contribution in [-0.2, 0) is 11.3 Å². The molecule has 1 saturated heterocycles. The van der Waals surface area contributed by atoms with Crippen LogP contribution >= 0.6 is 0 Å². The number of hydrogen-bond donors (Lipinski definition) is 1. The van der Waals surface area contributed by atoms with Crippen molar-refractivity contribution in [1.29, 1.82) is 0 Å². The highest BCUT2D eigenvalue weighted by molar-refractivity contribution is 5.54. The standard InChI is InChI=1S/C13H21N3O/c1-9-4-13(12(5-14)6-15-9)16-7-10(2)17-11(3)8-16/h4,6,10-11H,5,7-8,14H2,1-3H3/t10-,11+. The Kier molecular flexibility index (Phi) is 3.64. The lowest BCUT2D eigenvalue weighted by atomic mass is 10.1. The second-order valence-corrected chi connectivity index (χ2v) is 4.82. The van der Waals surface area contributed by atoms with Crippen molar-refractivity contribution in [2.75, 3.05) is 18.0 Å². The van der Waals surface area contributed by atoms with E-state index in [0.29, 0.717) is 6.54 Å². The summed E-state index contributed by atoms with van der Waals surface area (Å²) >= 11 is 0. The zero-order valence-electron chi connectivity index (χ0n) is 10.8. The van der Waals surface area contributed by atoms with Gasteiger partial charge in [0.05, 0.1) is 12.2 Å². The zero-order chi connectivity index (χ0) is 12.4. The molecule has 94 valence electrons. The van der Waals surface area contributed by atoms with Gasteiger partial charge in [0.15, 0.2) is 0 Å². The topological polar surface area (TPSA) is 51.4 Å². The van der Waals surface area contributed by atoms with Crippen molar-refractivity contribution in [1.82, 2.24) is 4.98 Å². The van der Waals surface area contributed by atoms with Gasteiger partial charge in [-0.1, -0.05) is 0 Å². The minimum atomic E-state index is 0.262. The van der Waals surface area contributed by atoms with Gasteiger partial charge in [-0.2, -0.15) is 0 Å². The predicted molar refractivity (Wildman–Crippen MR) is 69.1 cm³/mol. The van der Waals surface area contributed by atoms with Gasteiger partial charge in [0.25, 0.3) is 0 Å². The van der Waals surface area contributed by atoms with Crippen LogP contribution in [0, 0.1) is 6.92 Å². The molecule has 4 heteroatoms. The highest BCUT2D eigenvalue weighted by atomic mass is 16.5. The first kappa shape index (κ1) is 12.3. The molecule has 1 fully saturated rings. The highest BCUT2D eigenvalue weighted by Gasteiger charge is 2.23. The fourth-order valence-electron chi connectivity index (χ4n) is 2.40. The molecule has 0 spiro atoms. The first-order valence-electron chi connectivity index (χ1n) is 6.16. The van der Waals surface area contributed by atoms with Crippen molar-refractivity contribution in [3.63, 3.8) is 0 Å². The summed E-state index contributed by atoms with van der Waals surface area (Å²) in [5, 5.41) is 0. The molecule has 4 nitrogen and oxygen atoms in total. The van der Waals surface area contributed by atoms with Crippen LogP contribution in [0.2, 0.25) is 0 Å². The lowest BCUT2D eigenvalue weighted by Crippen LogP contribution is -2.46. The molecule has 2 heterocycles. The number of nitrogens with zero attached hydrogens (tertiary/aromatic N) is 2. The Labute approximate surface area is 103 Å². The van der Waals surface area contributed by atoms with Gasteiger partial charge in [-0.3, -0.25) is 4.98 Å². The summed E-state index contributed by atoms with van der Waals surface area (Å²) in [7, 11) is 0. The largest absolute Gasteiger partial charge is 0.372 e. The van der Waals surface area contributed by atoms with E-state index in [-0.39, 0.29) is 12.2 Å². The number of pyridine rings is 1. The van der Waals surface area contributed by atoms with Crippen LogP contribution in [0.25, 0.3) is 0 Å². The molecule has 0 aliphatic carbocycles.